The molecule has 26 heavy (non-hydrogen) atoms. The van der Waals surface area contributed by atoms with Gasteiger partial charge in [0.1, 0.15) is 5.75 Å². The van der Waals surface area contributed by atoms with E-state index in [2.05, 4.69) is 12.5 Å². The lowest BCUT2D eigenvalue weighted by atomic mass is 9.66. The van der Waals surface area contributed by atoms with Gasteiger partial charge in [0.05, 0.1) is 7.11 Å². The lowest BCUT2D eigenvalue weighted by Gasteiger charge is -2.44. The number of hydrogen-bond donors (Lipinski definition) is 0. The number of carbonyl (C=O) groups is 2. The Morgan fingerprint density at radius 1 is 1.23 bits per heavy atom. The maximum absolute atomic E-state index is 13.0. The molecule has 0 spiro atoms. The third-order valence-electron chi connectivity index (χ3n) is 4.42. The zero-order valence-electron chi connectivity index (χ0n) is 15.6. The summed E-state index contributed by atoms with van der Waals surface area (Å²) in [7, 11) is 1.56. The Bertz CT molecular complexity index is 732. The van der Waals surface area contributed by atoms with Crippen molar-refractivity contribution in [2.45, 2.75) is 45.3 Å². The van der Waals surface area contributed by atoms with Gasteiger partial charge in [0.2, 0.25) is 0 Å². The van der Waals surface area contributed by atoms with Gasteiger partial charge in [-0.1, -0.05) is 17.7 Å². The number of methoxy groups -OCH3 is 1. The highest BCUT2D eigenvalue weighted by atomic mass is 16.7. The maximum atomic E-state index is 13.0. The monoisotopic (exact) mass is 356 g/mol. The first kappa shape index (κ1) is 19.6. The van der Waals surface area contributed by atoms with E-state index in [1.54, 1.807) is 38.3 Å². The second kappa shape index (κ2) is 7.25. The topological polar surface area (TPSA) is 61.8 Å². The summed E-state index contributed by atoms with van der Waals surface area (Å²) in [5.41, 5.74) is -0.171. The molecule has 0 amide bonds. The van der Waals surface area contributed by atoms with Gasteiger partial charge in [0.15, 0.2) is 5.41 Å². The van der Waals surface area contributed by atoms with Crippen molar-refractivity contribution < 1.29 is 23.8 Å². The predicted molar refractivity (Wildman–Crippen MR) is 97.3 cm³/mol. The predicted octanol–water partition coefficient (Wildman–Crippen LogP) is 3.59. The van der Waals surface area contributed by atoms with Crippen LogP contribution in [-0.4, -0.2) is 24.8 Å². The maximum Gasteiger partial charge on any atom is 0.327 e. The van der Waals surface area contributed by atoms with Crippen LogP contribution in [0.3, 0.4) is 0 Å². The van der Waals surface area contributed by atoms with Crippen LogP contribution in [0, 0.1) is 17.8 Å². The summed E-state index contributed by atoms with van der Waals surface area (Å²) >= 11 is 0. The number of carbonyl (C=O) groups excluding carboxylic acids is 2. The van der Waals surface area contributed by atoms with Crippen molar-refractivity contribution in [3.63, 3.8) is 0 Å². The van der Waals surface area contributed by atoms with Crippen LogP contribution < -0.4 is 4.74 Å². The fraction of sp³-hybridized carbons (Fsp3) is 0.429. The Balaban J connectivity index is 2.60. The van der Waals surface area contributed by atoms with Crippen molar-refractivity contribution in [3.05, 3.63) is 42.0 Å². The van der Waals surface area contributed by atoms with E-state index in [-0.39, 0.29) is 12.8 Å². The Morgan fingerprint density at radius 2 is 1.77 bits per heavy atom. The summed E-state index contributed by atoms with van der Waals surface area (Å²) in [6, 6.07) is 7.11. The van der Waals surface area contributed by atoms with Gasteiger partial charge < -0.3 is 14.2 Å². The summed E-state index contributed by atoms with van der Waals surface area (Å²) in [5, 5.41) is 0. The standard InChI is InChI=1S/C21H24O5/c1-7-8-17(15-9-11-16(24-6)12-10-15)21(13-14(2)3)18(22)25-20(4,5)26-19(21)23/h1,9-12,17H,2,8,13H2,3-6H3. The normalized spacial score (nSPS) is 18.9. The number of cyclic esters (lactones) is 2. The first-order chi connectivity index (χ1) is 12.2. The Kier molecular flexibility index (Phi) is 5.46. The molecule has 1 aromatic rings. The molecule has 1 heterocycles. The summed E-state index contributed by atoms with van der Waals surface area (Å²) in [5.74, 6) is 0.0402. The van der Waals surface area contributed by atoms with Crippen molar-refractivity contribution in [2.75, 3.05) is 7.11 Å². The number of ether oxygens (including phenoxy) is 3. The molecule has 1 saturated heterocycles. The van der Waals surface area contributed by atoms with Crippen molar-refractivity contribution in [1.82, 2.24) is 0 Å². The van der Waals surface area contributed by atoms with Crippen LogP contribution in [0.5, 0.6) is 5.75 Å². The van der Waals surface area contributed by atoms with Crippen molar-refractivity contribution >= 4 is 11.9 Å². The molecule has 5 heteroatoms. The van der Waals surface area contributed by atoms with E-state index in [1.165, 1.54) is 13.8 Å². The SMILES string of the molecule is C#CCC(c1ccc(OC)cc1)C1(CC(=C)C)C(=O)OC(C)(C)OC1=O. The lowest BCUT2D eigenvalue weighted by Crippen LogP contribution is -2.56. The summed E-state index contributed by atoms with van der Waals surface area (Å²) < 4.78 is 16.1. The third-order valence-corrected chi connectivity index (χ3v) is 4.42. The van der Waals surface area contributed by atoms with E-state index >= 15 is 0 Å². The van der Waals surface area contributed by atoms with Crippen LogP contribution in [-0.2, 0) is 19.1 Å². The number of hydrogen-bond acceptors (Lipinski definition) is 5. The fourth-order valence-electron chi connectivity index (χ4n) is 3.29. The van der Waals surface area contributed by atoms with Crippen LogP contribution in [0.2, 0.25) is 0 Å². The molecule has 1 aliphatic rings. The van der Waals surface area contributed by atoms with Gasteiger partial charge in [-0.05, 0) is 31.0 Å². The van der Waals surface area contributed by atoms with Crippen molar-refractivity contribution in [2.24, 2.45) is 5.41 Å². The second-order valence-corrected chi connectivity index (χ2v) is 7.02. The van der Waals surface area contributed by atoms with Crippen molar-refractivity contribution in [1.29, 1.82) is 0 Å². The van der Waals surface area contributed by atoms with Gasteiger partial charge in [0, 0.05) is 26.2 Å². The minimum Gasteiger partial charge on any atom is -0.497 e. The smallest absolute Gasteiger partial charge is 0.327 e. The number of esters is 2. The largest absolute Gasteiger partial charge is 0.497 e. The Morgan fingerprint density at radius 3 is 2.19 bits per heavy atom. The number of terminal acetylenes is 1. The molecule has 0 N–H and O–H groups in total. The van der Waals surface area contributed by atoms with E-state index in [0.717, 1.165) is 5.56 Å². The molecule has 1 unspecified atom stereocenters. The molecule has 1 aliphatic heterocycles. The average molecular weight is 356 g/mol. The molecule has 0 aliphatic carbocycles. The minimum atomic E-state index is -1.57. The lowest BCUT2D eigenvalue weighted by molar-refractivity contribution is -0.253. The summed E-state index contributed by atoms with van der Waals surface area (Å²) in [6.07, 6.45) is 5.83. The Labute approximate surface area is 154 Å². The third kappa shape index (κ3) is 3.60. The van der Waals surface area contributed by atoms with Gasteiger partial charge in [-0.2, -0.15) is 0 Å². The zero-order chi connectivity index (χ0) is 19.5. The van der Waals surface area contributed by atoms with Gasteiger partial charge in [0.25, 0.3) is 5.79 Å². The molecule has 1 fully saturated rings. The summed E-state index contributed by atoms with van der Waals surface area (Å²) in [6.45, 7) is 8.68. The van der Waals surface area contributed by atoms with Gasteiger partial charge >= 0.3 is 11.9 Å². The first-order valence-corrected chi connectivity index (χ1v) is 8.35. The molecule has 0 radical (unpaired) electrons. The molecular formula is C21H24O5. The van der Waals surface area contributed by atoms with Gasteiger partial charge in [-0.3, -0.25) is 9.59 Å². The van der Waals surface area contributed by atoms with E-state index in [1.807, 2.05) is 0 Å². The Hall–Kier alpha value is -2.74. The zero-order valence-corrected chi connectivity index (χ0v) is 15.6. The number of allylic oxidation sites excluding steroid dienone is 1. The first-order valence-electron chi connectivity index (χ1n) is 8.35. The van der Waals surface area contributed by atoms with E-state index in [0.29, 0.717) is 11.3 Å². The molecule has 1 aromatic carbocycles. The van der Waals surface area contributed by atoms with Gasteiger partial charge in [-0.25, -0.2) is 0 Å². The molecule has 0 bridgehead atoms. The molecule has 1 atom stereocenters. The number of rotatable bonds is 6. The molecule has 0 saturated carbocycles. The fourth-order valence-corrected chi connectivity index (χ4v) is 3.29. The minimum absolute atomic E-state index is 0.0964. The molecule has 0 aromatic heterocycles. The quantitative estimate of drug-likeness (QED) is 0.337. The highest BCUT2D eigenvalue weighted by Gasteiger charge is 2.60. The van der Waals surface area contributed by atoms with Crippen LogP contribution in [0.25, 0.3) is 0 Å². The van der Waals surface area contributed by atoms with Gasteiger partial charge in [-0.15, -0.1) is 18.9 Å². The van der Waals surface area contributed by atoms with Crippen LogP contribution >= 0.6 is 0 Å². The molecule has 5 nitrogen and oxygen atoms in total. The molecular weight excluding hydrogens is 332 g/mol. The van der Waals surface area contributed by atoms with Crippen LogP contribution in [0.1, 0.15) is 45.1 Å². The molecule has 2 rings (SSSR count). The van der Waals surface area contributed by atoms with E-state index in [9.17, 15) is 9.59 Å². The van der Waals surface area contributed by atoms with Crippen LogP contribution in [0.4, 0.5) is 0 Å². The highest BCUT2D eigenvalue weighted by molar-refractivity contribution is 6.03. The highest BCUT2D eigenvalue weighted by Crippen LogP contribution is 2.49. The van der Waals surface area contributed by atoms with Crippen molar-refractivity contribution in [3.8, 4) is 18.1 Å². The summed E-state index contributed by atoms with van der Waals surface area (Å²) in [4.78, 5) is 26.1. The average Bonchev–Trinajstić information content (AvgIpc) is 2.55. The number of benzene rings is 1. The second-order valence-electron chi connectivity index (χ2n) is 7.02. The van der Waals surface area contributed by atoms with Crippen LogP contribution in [0.15, 0.2) is 36.4 Å². The van der Waals surface area contributed by atoms with E-state index < -0.39 is 29.1 Å². The van der Waals surface area contributed by atoms with E-state index in [4.69, 9.17) is 20.6 Å². The molecule has 138 valence electrons.